The molecular weight excluding hydrogens is 706 g/mol. The quantitative estimate of drug-likeness (QED) is 0.126. The lowest BCUT2D eigenvalue weighted by atomic mass is 9.94. The predicted molar refractivity (Wildman–Crippen MR) is 196 cm³/mol. The van der Waals surface area contributed by atoms with Crippen LogP contribution in [0.5, 0.6) is 0 Å². The van der Waals surface area contributed by atoms with Crippen LogP contribution >= 0.6 is 12.4 Å². The Kier molecular flexibility index (Phi) is 12.2. The van der Waals surface area contributed by atoms with Gasteiger partial charge in [-0.2, -0.15) is 18.6 Å². The Morgan fingerprint density at radius 2 is 1.22 bits per heavy atom. The molecule has 0 amide bonds. The van der Waals surface area contributed by atoms with E-state index in [2.05, 4.69) is 10.7 Å². The molecule has 0 spiro atoms. The van der Waals surface area contributed by atoms with Crippen molar-refractivity contribution in [1.29, 1.82) is 0 Å². The molecule has 0 aliphatic carbocycles. The van der Waals surface area contributed by atoms with Crippen molar-refractivity contribution in [2.75, 3.05) is 38.7 Å². The zero-order valence-electron chi connectivity index (χ0n) is 29.5. The van der Waals surface area contributed by atoms with Gasteiger partial charge in [-0.05, 0) is 71.9 Å². The van der Waals surface area contributed by atoms with E-state index < -0.39 is 32.1 Å². The van der Waals surface area contributed by atoms with Gasteiger partial charge >= 0.3 is 5.97 Å². The van der Waals surface area contributed by atoms with Gasteiger partial charge in [0.15, 0.2) is 0 Å². The molecule has 5 rings (SSSR count). The number of carboxylic acid groups (broad SMARTS) is 1. The molecule has 3 aromatic carbocycles. The molecule has 50 heavy (non-hydrogen) atoms. The van der Waals surface area contributed by atoms with Crippen LogP contribution in [0.25, 0.3) is 21.5 Å². The summed E-state index contributed by atoms with van der Waals surface area (Å²) in [7, 11) is -6.49. The summed E-state index contributed by atoms with van der Waals surface area (Å²) in [5.41, 5.74) is 2.98. The van der Waals surface area contributed by atoms with Gasteiger partial charge in [-0.15, -0.1) is 17.3 Å². The summed E-state index contributed by atoms with van der Waals surface area (Å²) in [6.07, 6.45) is 1.83. The van der Waals surface area contributed by atoms with E-state index in [9.17, 15) is 31.6 Å². The number of fused-ring (bicyclic) bond motifs is 2. The fourth-order valence-corrected chi connectivity index (χ4v) is 11.0. The number of halogens is 1. The number of carbonyl (C=O) groups is 1. The van der Waals surface area contributed by atoms with Gasteiger partial charge in [-0.25, -0.2) is 22.3 Å². The van der Waals surface area contributed by atoms with Crippen LogP contribution in [0.1, 0.15) is 54.4 Å². The van der Waals surface area contributed by atoms with Crippen molar-refractivity contribution in [3.8, 4) is 0 Å². The van der Waals surface area contributed by atoms with Crippen molar-refractivity contribution >= 4 is 71.3 Å². The molecule has 5 atom stereocenters. The molecule has 2 aliphatic heterocycles. The summed E-state index contributed by atoms with van der Waals surface area (Å²) in [5.74, 6) is -0.787. The van der Waals surface area contributed by atoms with E-state index in [0.29, 0.717) is 37.0 Å². The Morgan fingerprint density at radius 1 is 0.820 bits per heavy atom. The molecule has 0 unspecified atom stereocenters. The van der Waals surface area contributed by atoms with Crippen molar-refractivity contribution in [2.24, 2.45) is 34.8 Å². The summed E-state index contributed by atoms with van der Waals surface area (Å²) >= 11 is 0. The minimum atomic E-state index is -3.97. The normalized spacial score (nSPS) is 23.2. The number of nitrogens with zero attached hydrogens (tertiary/aromatic N) is 4. The first-order valence-electron chi connectivity index (χ1n) is 16.7. The standard InChI is InChI=1S/C34H47N5O8S2.ClH/c1-20(2)33(34(40)41)37(7)47-36-32-29-14-25(48(43,44)38-16-21(3)12-22(4)17-38)8-10-27(29)31(35-42)28-11-9-26(15-30(28)32)49(45,46)39-18-23(5)13-24(6)19-39;/h8-11,14-15,20-24,33,36H,12-13,16-19H2,1-7H3,(H,40,41);1H/t21-,22+,23-,24+,33-;/m0./s1. The summed E-state index contributed by atoms with van der Waals surface area (Å²) in [5, 5.41) is 15.4. The molecule has 276 valence electrons. The largest absolute Gasteiger partial charge is 0.480 e. The van der Waals surface area contributed by atoms with Crippen molar-refractivity contribution in [3.63, 3.8) is 0 Å². The number of hydrogen-bond donors (Lipinski definition) is 2. The summed E-state index contributed by atoms with van der Waals surface area (Å²) in [6, 6.07) is 7.71. The lowest BCUT2D eigenvalue weighted by Gasteiger charge is -2.34. The highest BCUT2D eigenvalue weighted by molar-refractivity contribution is 7.89. The van der Waals surface area contributed by atoms with Crippen LogP contribution in [0.15, 0.2) is 51.4 Å². The van der Waals surface area contributed by atoms with E-state index in [0.717, 1.165) is 17.9 Å². The zero-order valence-corrected chi connectivity index (χ0v) is 31.9. The second kappa shape index (κ2) is 15.4. The van der Waals surface area contributed by atoms with Crippen LogP contribution in [-0.4, -0.2) is 80.9 Å². The minimum Gasteiger partial charge on any atom is -0.480 e. The van der Waals surface area contributed by atoms with Crippen LogP contribution < -0.4 is 5.48 Å². The first kappa shape index (κ1) is 39.9. The number of likely N-dealkylation sites (N-methyl/N-ethyl adjacent to an activating group) is 1. The molecule has 2 saturated heterocycles. The van der Waals surface area contributed by atoms with Crippen molar-refractivity contribution in [3.05, 3.63) is 41.3 Å². The highest BCUT2D eigenvalue weighted by atomic mass is 35.5. The van der Waals surface area contributed by atoms with E-state index in [1.807, 2.05) is 27.7 Å². The molecule has 2 fully saturated rings. The Bertz CT molecular complexity index is 1840. The number of benzene rings is 3. The van der Waals surface area contributed by atoms with Crippen LogP contribution in [0, 0.1) is 34.5 Å². The first-order valence-corrected chi connectivity index (χ1v) is 19.6. The van der Waals surface area contributed by atoms with Gasteiger partial charge in [0, 0.05) is 54.8 Å². The second-order valence-electron chi connectivity index (χ2n) is 14.5. The monoisotopic (exact) mass is 753 g/mol. The Hall–Kier alpha value is -2.92. The number of hydroxylamine groups is 2. The van der Waals surface area contributed by atoms with E-state index >= 15 is 0 Å². The number of aliphatic carboxylic acids is 1. The maximum absolute atomic E-state index is 14.0. The zero-order chi connectivity index (χ0) is 36.0. The maximum Gasteiger partial charge on any atom is 0.323 e. The topological polar surface area (TPSA) is 166 Å². The van der Waals surface area contributed by atoms with E-state index in [-0.39, 0.29) is 73.9 Å². The number of rotatable bonds is 11. The first-order chi connectivity index (χ1) is 22.9. The highest BCUT2D eigenvalue weighted by Crippen LogP contribution is 2.44. The fraction of sp³-hybridized carbons (Fsp3) is 0.559. The van der Waals surface area contributed by atoms with E-state index in [1.165, 1.54) is 52.1 Å². The van der Waals surface area contributed by atoms with Crippen molar-refractivity contribution < 1.29 is 31.7 Å². The third kappa shape index (κ3) is 7.78. The number of anilines is 1. The molecule has 0 saturated carbocycles. The molecule has 0 radical (unpaired) electrons. The Morgan fingerprint density at radius 3 is 1.56 bits per heavy atom. The fourth-order valence-electron chi connectivity index (χ4n) is 7.63. The molecule has 2 N–H and O–H groups in total. The third-order valence-corrected chi connectivity index (χ3v) is 13.3. The van der Waals surface area contributed by atoms with Crippen LogP contribution in [0.2, 0.25) is 0 Å². The van der Waals surface area contributed by atoms with Gasteiger partial charge in [0.25, 0.3) is 0 Å². The molecule has 0 bridgehead atoms. The number of nitrogens with one attached hydrogen (secondary N) is 1. The average molecular weight is 754 g/mol. The molecule has 0 aromatic heterocycles. The lowest BCUT2D eigenvalue weighted by Crippen LogP contribution is -2.43. The lowest BCUT2D eigenvalue weighted by molar-refractivity contribution is -0.180. The van der Waals surface area contributed by atoms with Gasteiger partial charge in [-0.3, -0.25) is 4.79 Å². The number of carboxylic acids is 1. The second-order valence-corrected chi connectivity index (χ2v) is 18.4. The number of nitroso groups, excluding NO2 is 1. The summed E-state index contributed by atoms with van der Waals surface area (Å²) < 4.78 is 58.9. The molecule has 2 heterocycles. The average Bonchev–Trinajstić information content (AvgIpc) is 3.01. The minimum absolute atomic E-state index is 0. The number of sulfonamides is 2. The summed E-state index contributed by atoms with van der Waals surface area (Å²) in [4.78, 5) is 30.3. The SMILES string of the molecule is CC(C)[C@@H](C(=O)O)N(C)ONc1c2cc(S(=O)(=O)N3C[C@H](C)C[C@H](C)C3)ccc2c(N=O)c2ccc(S(=O)(=O)N3C[C@H](C)C[C@H](C)C3)cc12.Cl. The molecule has 13 nitrogen and oxygen atoms in total. The van der Waals surface area contributed by atoms with Crippen molar-refractivity contribution in [2.45, 2.75) is 70.2 Å². The molecule has 2 aliphatic rings. The number of piperidine rings is 2. The van der Waals surface area contributed by atoms with E-state index in [4.69, 9.17) is 4.94 Å². The Labute approximate surface area is 300 Å². The van der Waals surface area contributed by atoms with Gasteiger partial charge < -0.3 is 5.11 Å². The smallest absolute Gasteiger partial charge is 0.323 e. The predicted octanol–water partition coefficient (Wildman–Crippen LogP) is 6.45. The molecular formula is C34H48ClN5O8S2. The summed E-state index contributed by atoms with van der Waals surface area (Å²) in [6.45, 7) is 13.0. The highest BCUT2D eigenvalue weighted by Gasteiger charge is 2.34. The van der Waals surface area contributed by atoms with Crippen LogP contribution in [0.4, 0.5) is 11.4 Å². The maximum atomic E-state index is 14.0. The van der Waals surface area contributed by atoms with Gasteiger partial charge in [-0.1, -0.05) is 53.7 Å². The van der Waals surface area contributed by atoms with Gasteiger partial charge in [0.05, 0.1) is 15.5 Å². The van der Waals surface area contributed by atoms with Gasteiger partial charge in [0.1, 0.15) is 11.7 Å². The molecule has 3 aromatic rings. The van der Waals surface area contributed by atoms with E-state index in [1.54, 1.807) is 13.8 Å². The van der Waals surface area contributed by atoms with Crippen molar-refractivity contribution in [1.82, 2.24) is 13.7 Å². The van der Waals surface area contributed by atoms with Crippen LogP contribution in [0.3, 0.4) is 0 Å². The molecule has 16 heteroatoms. The van der Waals surface area contributed by atoms with Crippen LogP contribution in [-0.2, 0) is 29.8 Å². The number of hydrogen-bond acceptors (Lipinski definition) is 10. The van der Waals surface area contributed by atoms with Gasteiger partial charge in [0.2, 0.25) is 20.0 Å². The Balaban J connectivity index is 0.00000562. The third-order valence-electron chi connectivity index (χ3n) is 9.64.